The van der Waals surface area contributed by atoms with Gasteiger partial charge in [0.05, 0.1) is 11.0 Å². The van der Waals surface area contributed by atoms with Crippen molar-refractivity contribution in [2.45, 2.75) is 32.4 Å². The highest BCUT2D eigenvalue weighted by atomic mass is 32.1. The van der Waals surface area contributed by atoms with Gasteiger partial charge >= 0.3 is 0 Å². The number of likely N-dealkylation sites (tertiary alicyclic amines) is 1. The van der Waals surface area contributed by atoms with Gasteiger partial charge in [0.25, 0.3) is 5.91 Å². The fourth-order valence-electron chi connectivity index (χ4n) is 3.56. The van der Waals surface area contributed by atoms with Crippen LogP contribution in [0.25, 0.3) is 0 Å². The van der Waals surface area contributed by atoms with Crippen LogP contribution in [0, 0.1) is 18.8 Å². The molecule has 0 radical (unpaired) electrons. The van der Waals surface area contributed by atoms with Crippen molar-refractivity contribution in [3.05, 3.63) is 21.4 Å². The number of carbonyl (C=O) groups excluding carboxylic acids is 1. The molecule has 3 atom stereocenters. The summed E-state index contributed by atoms with van der Waals surface area (Å²) in [7, 11) is 0. The maximum Gasteiger partial charge on any atom is 0.275 e. The molecule has 2 heterocycles. The second-order valence-electron chi connectivity index (χ2n) is 5.93. The third-order valence-electron chi connectivity index (χ3n) is 4.66. The zero-order valence-electron chi connectivity index (χ0n) is 11.6. The first-order valence-corrected chi connectivity index (χ1v) is 7.90. The molecule has 0 aromatic carbocycles. The van der Waals surface area contributed by atoms with E-state index in [4.69, 9.17) is 5.84 Å². The summed E-state index contributed by atoms with van der Waals surface area (Å²) in [6, 6.07) is 1.94. The van der Waals surface area contributed by atoms with Crippen LogP contribution < -0.4 is 11.3 Å². The largest absolute Gasteiger partial charge is 0.393 e. The Bertz CT molecular complexity index is 517. The number of amides is 1. The summed E-state index contributed by atoms with van der Waals surface area (Å²) in [5.74, 6) is 6.04. The van der Waals surface area contributed by atoms with Gasteiger partial charge in [0.15, 0.2) is 0 Å². The minimum absolute atomic E-state index is 0.118. The fraction of sp³-hybridized carbons (Fsp3) is 0.643. The van der Waals surface area contributed by atoms with Crippen LogP contribution in [0.4, 0.5) is 0 Å². The van der Waals surface area contributed by atoms with E-state index in [9.17, 15) is 9.90 Å². The van der Waals surface area contributed by atoms with E-state index in [0.29, 0.717) is 16.7 Å². The van der Waals surface area contributed by atoms with Crippen molar-refractivity contribution in [1.29, 1.82) is 0 Å². The molecule has 3 rings (SSSR count). The molecule has 1 aromatic rings. The van der Waals surface area contributed by atoms with Crippen LogP contribution in [0.3, 0.4) is 0 Å². The Balaban J connectivity index is 1.67. The molecule has 2 fully saturated rings. The van der Waals surface area contributed by atoms with E-state index < -0.39 is 0 Å². The summed E-state index contributed by atoms with van der Waals surface area (Å²) >= 11 is 1.48. The highest BCUT2D eigenvalue weighted by molar-refractivity contribution is 7.14. The molecule has 1 saturated heterocycles. The van der Waals surface area contributed by atoms with Crippen molar-refractivity contribution in [2.75, 3.05) is 13.1 Å². The standard InChI is InChI=1S/C14H21N3O2S/c1-8-10(4-13(20-8)14(19)16-15)6-17-5-9-2-3-12(18)11(9)7-17/h4,9,11-12,18H,2-3,5-7,15H2,1H3,(H,16,19). The van der Waals surface area contributed by atoms with E-state index in [1.807, 2.05) is 13.0 Å². The van der Waals surface area contributed by atoms with Gasteiger partial charge in [-0.1, -0.05) is 0 Å². The number of aliphatic hydroxyl groups excluding tert-OH is 1. The van der Waals surface area contributed by atoms with Crippen LogP contribution in [0.2, 0.25) is 0 Å². The Kier molecular flexibility index (Phi) is 3.81. The van der Waals surface area contributed by atoms with Gasteiger partial charge in [-0.25, -0.2) is 5.84 Å². The summed E-state index contributed by atoms with van der Waals surface area (Å²) < 4.78 is 0. The van der Waals surface area contributed by atoms with Crippen molar-refractivity contribution in [2.24, 2.45) is 17.7 Å². The quantitative estimate of drug-likeness (QED) is 0.439. The van der Waals surface area contributed by atoms with Gasteiger partial charge in [-0.05, 0) is 37.3 Å². The van der Waals surface area contributed by atoms with E-state index in [0.717, 1.165) is 32.5 Å². The Morgan fingerprint density at radius 1 is 1.55 bits per heavy atom. The zero-order valence-corrected chi connectivity index (χ0v) is 12.4. The second kappa shape index (κ2) is 5.44. The molecule has 1 saturated carbocycles. The average molecular weight is 295 g/mol. The van der Waals surface area contributed by atoms with Gasteiger partial charge < -0.3 is 5.11 Å². The number of hydrazine groups is 1. The monoisotopic (exact) mass is 295 g/mol. The zero-order chi connectivity index (χ0) is 14.3. The number of nitrogens with zero attached hydrogens (tertiary/aromatic N) is 1. The first-order chi connectivity index (χ1) is 9.58. The van der Waals surface area contributed by atoms with E-state index in [1.165, 1.54) is 21.8 Å². The molecule has 1 aliphatic heterocycles. The number of hydrogen-bond donors (Lipinski definition) is 3. The van der Waals surface area contributed by atoms with Crippen molar-refractivity contribution >= 4 is 17.2 Å². The lowest BCUT2D eigenvalue weighted by Gasteiger charge is -2.17. The van der Waals surface area contributed by atoms with Crippen LogP contribution in [-0.4, -0.2) is 35.1 Å². The number of nitrogens with two attached hydrogens (primary N) is 1. The number of hydrogen-bond acceptors (Lipinski definition) is 5. The molecule has 4 N–H and O–H groups in total. The predicted molar refractivity (Wildman–Crippen MR) is 78.2 cm³/mol. The minimum Gasteiger partial charge on any atom is -0.393 e. The second-order valence-corrected chi connectivity index (χ2v) is 7.18. The maximum absolute atomic E-state index is 11.5. The van der Waals surface area contributed by atoms with Crippen molar-refractivity contribution in [3.63, 3.8) is 0 Å². The molecule has 0 bridgehead atoms. The van der Waals surface area contributed by atoms with Gasteiger partial charge in [-0.2, -0.15) is 0 Å². The lowest BCUT2D eigenvalue weighted by molar-refractivity contribution is 0.0957. The number of carbonyl (C=O) groups is 1. The van der Waals surface area contributed by atoms with Gasteiger partial charge in [-0.15, -0.1) is 11.3 Å². The minimum atomic E-state index is -0.224. The third kappa shape index (κ3) is 2.48. The summed E-state index contributed by atoms with van der Waals surface area (Å²) in [5.41, 5.74) is 3.38. The van der Waals surface area contributed by atoms with Crippen LogP contribution in [0.15, 0.2) is 6.07 Å². The summed E-state index contributed by atoms with van der Waals surface area (Å²) in [5, 5.41) is 9.96. The van der Waals surface area contributed by atoms with Crippen molar-refractivity contribution in [3.8, 4) is 0 Å². The fourth-order valence-corrected chi connectivity index (χ4v) is 4.50. The summed E-state index contributed by atoms with van der Waals surface area (Å²) in [6.45, 7) is 4.94. The Morgan fingerprint density at radius 2 is 2.35 bits per heavy atom. The van der Waals surface area contributed by atoms with Crippen LogP contribution in [0.1, 0.15) is 33.0 Å². The van der Waals surface area contributed by atoms with E-state index in [-0.39, 0.29) is 12.0 Å². The number of nitrogen functional groups attached to an aromatic ring is 1. The van der Waals surface area contributed by atoms with E-state index in [2.05, 4.69) is 10.3 Å². The average Bonchev–Trinajstić information content (AvgIpc) is 3.08. The first-order valence-electron chi connectivity index (χ1n) is 7.09. The number of aliphatic hydroxyl groups is 1. The van der Waals surface area contributed by atoms with Crippen LogP contribution in [-0.2, 0) is 6.54 Å². The third-order valence-corrected chi connectivity index (χ3v) is 5.76. The van der Waals surface area contributed by atoms with Crippen molar-refractivity contribution < 1.29 is 9.90 Å². The van der Waals surface area contributed by atoms with Crippen LogP contribution in [0.5, 0.6) is 0 Å². The normalized spacial score (nSPS) is 29.6. The number of thiophene rings is 1. The van der Waals surface area contributed by atoms with E-state index >= 15 is 0 Å². The van der Waals surface area contributed by atoms with Crippen LogP contribution >= 0.6 is 11.3 Å². The van der Waals surface area contributed by atoms with Gasteiger partial charge in [-0.3, -0.25) is 15.1 Å². The Labute approximate surface area is 122 Å². The van der Waals surface area contributed by atoms with Crippen molar-refractivity contribution in [1.82, 2.24) is 10.3 Å². The number of fused-ring (bicyclic) bond motifs is 1. The lowest BCUT2D eigenvalue weighted by atomic mass is 10.00. The summed E-state index contributed by atoms with van der Waals surface area (Å²) in [4.78, 5) is 15.8. The first kappa shape index (κ1) is 14.0. The molecule has 1 aliphatic carbocycles. The number of aryl methyl sites for hydroxylation is 1. The highest BCUT2D eigenvalue weighted by Crippen LogP contribution is 2.39. The molecule has 6 heteroatoms. The molecule has 20 heavy (non-hydrogen) atoms. The summed E-state index contributed by atoms with van der Waals surface area (Å²) in [6.07, 6.45) is 1.99. The number of rotatable bonds is 3. The highest BCUT2D eigenvalue weighted by Gasteiger charge is 2.41. The van der Waals surface area contributed by atoms with Gasteiger partial charge in [0, 0.05) is 30.4 Å². The molecule has 1 amide bonds. The van der Waals surface area contributed by atoms with Gasteiger partial charge in [0.2, 0.25) is 0 Å². The molecule has 110 valence electrons. The van der Waals surface area contributed by atoms with Gasteiger partial charge in [0.1, 0.15) is 0 Å². The SMILES string of the molecule is Cc1sc(C(=O)NN)cc1CN1CC2CCC(O)C2C1. The Hall–Kier alpha value is -0.950. The smallest absolute Gasteiger partial charge is 0.275 e. The van der Waals surface area contributed by atoms with E-state index in [1.54, 1.807) is 0 Å². The predicted octanol–water partition coefficient (Wildman–Crippen LogP) is 0.863. The number of nitrogens with one attached hydrogen (secondary N) is 1. The molecule has 1 aromatic heterocycles. The molecule has 0 spiro atoms. The lowest BCUT2D eigenvalue weighted by Crippen LogP contribution is -2.29. The molecular formula is C14H21N3O2S. The molecular weight excluding hydrogens is 274 g/mol. The Morgan fingerprint density at radius 3 is 3.05 bits per heavy atom. The molecule has 5 nitrogen and oxygen atoms in total. The molecule has 3 unspecified atom stereocenters. The topological polar surface area (TPSA) is 78.6 Å². The molecule has 2 aliphatic rings. The maximum atomic E-state index is 11.5.